The average Bonchev–Trinajstić information content (AvgIpc) is 2.68. The lowest BCUT2D eigenvalue weighted by molar-refractivity contribution is 0.0996. The molecule has 0 aliphatic rings. The van der Waals surface area contributed by atoms with Crippen LogP contribution in [0.2, 0.25) is 0 Å². The lowest BCUT2D eigenvalue weighted by Crippen LogP contribution is -2.02. The molecule has 1 aromatic carbocycles. The highest BCUT2D eigenvalue weighted by Gasteiger charge is 2.12. The summed E-state index contributed by atoms with van der Waals surface area (Å²) in [5.74, 6) is 0.141. The van der Waals surface area contributed by atoms with Crippen molar-refractivity contribution < 1.29 is 4.79 Å². The first kappa shape index (κ1) is 11.5. The van der Waals surface area contributed by atoms with Gasteiger partial charge in [0.1, 0.15) is 0 Å². The Morgan fingerprint density at radius 1 is 1.38 bits per heavy atom. The molecular formula is C12H10BrNOS. The summed E-state index contributed by atoms with van der Waals surface area (Å²) in [4.78, 5) is 16.8. The van der Waals surface area contributed by atoms with E-state index in [0.717, 1.165) is 20.6 Å². The summed E-state index contributed by atoms with van der Waals surface area (Å²) in [5.41, 5.74) is 3.57. The topological polar surface area (TPSA) is 30.0 Å². The van der Waals surface area contributed by atoms with Gasteiger partial charge >= 0.3 is 0 Å². The van der Waals surface area contributed by atoms with E-state index in [0.29, 0.717) is 6.42 Å². The van der Waals surface area contributed by atoms with Crippen LogP contribution in [0.4, 0.5) is 0 Å². The number of aryl methyl sites for hydroxylation is 1. The van der Waals surface area contributed by atoms with Crippen molar-refractivity contribution in [3.63, 3.8) is 0 Å². The van der Waals surface area contributed by atoms with Crippen molar-refractivity contribution in [2.24, 2.45) is 0 Å². The van der Waals surface area contributed by atoms with E-state index in [4.69, 9.17) is 0 Å². The van der Waals surface area contributed by atoms with Gasteiger partial charge in [0, 0.05) is 10.9 Å². The van der Waals surface area contributed by atoms with Gasteiger partial charge in [-0.15, -0.1) is 11.3 Å². The molecule has 2 nitrogen and oxygen atoms in total. The largest absolute Gasteiger partial charge is 0.293 e. The number of halogens is 1. The molecule has 0 bridgehead atoms. The molecule has 0 unspecified atom stereocenters. The molecule has 0 N–H and O–H groups in total. The van der Waals surface area contributed by atoms with E-state index in [9.17, 15) is 4.79 Å². The summed E-state index contributed by atoms with van der Waals surface area (Å²) in [5, 5.41) is 0. The molecule has 2 rings (SSSR count). The van der Waals surface area contributed by atoms with Crippen molar-refractivity contribution in [1.82, 2.24) is 4.98 Å². The SMILES string of the molecule is Cc1ncsc1C(=O)Cc1ccc(Br)cc1. The highest BCUT2D eigenvalue weighted by molar-refractivity contribution is 9.10. The fourth-order valence-corrected chi connectivity index (χ4v) is 2.44. The summed E-state index contributed by atoms with van der Waals surface area (Å²) >= 11 is 4.78. The van der Waals surface area contributed by atoms with Gasteiger partial charge in [-0.3, -0.25) is 4.79 Å². The molecule has 0 aliphatic heterocycles. The van der Waals surface area contributed by atoms with E-state index >= 15 is 0 Å². The molecule has 1 heterocycles. The molecule has 2 aromatic rings. The highest BCUT2D eigenvalue weighted by atomic mass is 79.9. The fourth-order valence-electron chi connectivity index (χ4n) is 1.44. The number of benzene rings is 1. The number of Topliss-reactive ketones (excluding diaryl/α,β-unsaturated/α-hetero) is 1. The summed E-state index contributed by atoms with van der Waals surface area (Å²) in [6.07, 6.45) is 0.441. The molecule has 4 heteroatoms. The third-order valence-corrected chi connectivity index (χ3v) is 3.77. The number of carbonyl (C=O) groups excluding carboxylic acids is 1. The van der Waals surface area contributed by atoms with Crippen LogP contribution in [-0.2, 0) is 6.42 Å². The van der Waals surface area contributed by atoms with Gasteiger partial charge < -0.3 is 0 Å². The van der Waals surface area contributed by atoms with Crippen LogP contribution in [0.5, 0.6) is 0 Å². The number of ketones is 1. The van der Waals surface area contributed by atoms with Crippen molar-refractivity contribution >= 4 is 33.0 Å². The molecule has 0 fully saturated rings. The van der Waals surface area contributed by atoms with Gasteiger partial charge in [-0.2, -0.15) is 0 Å². The molecule has 82 valence electrons. The van der Waals surface area contributed by atoms with Gasteiger partial charge in [0.2, 0.25) is 0 Å². The maximum atomic E-state index is 11.9. The first-order valence-corrected chi connectivity index (χ1v) is 6.52. The van der Waals surface area contributed by atoms with Crippen LogP contribution in [0, 0.1) is 6.92 Å². The van der Waals surface area contributed by atoms with Crippen molar-refractivity contribution in [2.45, 2.75) is 13.3 Å². The Kier molecular flexibility index (Phi) is 3.51. The number of rotatable bonds is 3. The average molecular weight is 296 g/mol. The Bertz CT molecular complexity index is 504. The van der Waals surface area contributed by atoms with E-state index in [1.807, 2.05) is 31.2 Å². The zero-order valence-corrected chi connectivity index (χ0v) is 11.1. The normalized spacial score (nSPS) is 10.4. The smallest absolute Gasteiger partial charge is 0.179 e. The van der Waals surface area contributed by atoms with Crippen LogP contribution in [-0.4, -0.2) is 10.8 Å². The van der Waals surface area contributed by atoms with Crippen LogP contribution >= 0.6 is 27.3 Å². The van der Waals surface area contributed by atoms with E-state index < -0.39 is 0 Å². The number of thiazole rings is 1. The minimum Gasteiger partial charge on any atom is -0.293 e. The Balaban J connectivity index is 2.14. The van der Waals surface area contributed by atoms with Crippen LogP contribution < -0.4 is 0 Å². The number of aromatic nitrogens is 1. The minimum atomic E-state index is 0.141. The van der Waals surface area contributed by atoms with Crippen molar-refractivity contribution in [3.8, 4) is 0 Å². The third-order valence-electron chi connectivity index (χ3n) is 2.28. The van der Waals surface area contributed by atoms with Gasteiger partial charge in [-0.05, 0) is 24.6 Å². The molecule has 1 aromatic heterocycles. The Morgan fingerprint density at radius 3 is 2.62 bits per heavy atom. The van der Waals surface area contributed by atoms with E-state index in [1.165, 1.54) is 11.3 Å². The van der Waals surface area contributed by atoms with Gasteiger partial charge in [0.15, 0.2) is 5.78 Å². The molecule has 0 spiro atoms. The monoisotopic (exact) mass is 295 g/mol. The molecule has 0 amide bonds. The fraction of sp³-hybridized carbons (Fsp3) is 0.167. The lowest BCUT2D eigenvalue weighted by Gasteiger charge is -2.00. The second-order valence-electron chi connectivity index (χ2n) is 3.49. The van der Waals surface area contributed by atoms with Crippen molar-refractivity contribution in [2.75, 3.05) is 0 Å². The molecule has 0 atom stereocenters. The minimum absolute atomic E-state index is 0.141. The highest BCUT2D eigenvalue weighted by Crippen LogP contribution is 2.17. The third kappa shape index (κ3) is 2.57. The quantitative estimate of drug-likeness (QED) is 0.809. The van der Waals surface area contributed by atoms with Crippen molar-refractivity contribution in [1.29, 1.82) is 0 Å². The predicted molar refractivity (Wildman–Crippen MR) is 69.0 cm³/mol. The Labute approximate surface area is 106 Å². The summed E-state index contributed by atoms with van der Waals surface area (Å²) in [7, 11) is 0. The van der Waals surface area contributed by atoms with Gasteiger partial charge in [-0.1, -0.05) is 28.1 Å². The second kappa shape index (κ2) is 4.89. The first-order valence-electron chi connectivity index (χ1n) is 4.84. The second-order valence-corrected chi connectivity index (χ2v) is 5.26. The van der Waals surface area contributed by atoms with Gasteiger partial charge in [0.25, 0.3) is 0 Å². The van der Waals surface area contributed by atoms with E-state index in [1.54, 1.807) is 5.51 Å². The molecule has 0 radical (unpaired) electrons. The standard InChI is InChI=1S/C12H10BrNOS/c1-8-12(16-7-14-8)11(15)6-9-2-4-10(13)5-3-9/h2-5,7H,6H2,1H3. The molecule has 0 saturated heterocycles. The zero-order valence-electron chi connectivity index (χ0n) is 8.74. The number of hydrogen-bond donors (Lipinski definition) is 0. The van der Waals surface area contributed by atoms with Crippen molar-refractivity contribution in [3.05, 3.63) is 50.4 Å². The lowest BCUT2D eigenvalue weighted by atomic mass is 10.1. The molecule has 0 aliphatic carbocycles. The maximum Gasteiger partial charge on any atom is 0.179 e. The maximum absolute atomic E-state index is 11.9. The predicted octanol–water partition coefficient (Wildman–Crippen LogP) is 3.64. The van der Waals surface area contributed by atoms with Crippen LogP contribution in [0.25, 0.3) is 0 Å². The summed E-state index contributed by atoms with van der Waals surface area (Å²) in [6, 6.07) is 7.81. The van der Waals surface area contributed by atoms with E-state index in [2.05, 4.69) is 20.9 Å². The molecule has 16 heavy (non-hydrogen) atoms. The van der Waals surface area contributed by atoms with Crippen LogP contribution in [0.3, 0.4) is 0 Å². The zero-order chi connectivity index (χ0) is 11.5. The first-order chi connectivity index (χ1) is 7.66. The number of nitrogens with zero attached hydrogens (tertiary/aromatic N) is 1. The van der Waals surface area contributed by atoms with Crippen LogP contribution in [0.1, 0.15) is 20.9 Å². The molecular weight excluding hydrogens is 286 g/mol. The van der Waals surface area contributed by atoms with Crippen LogP contribution in [0.15, 0.2) is 34.2 Å². The summed E-state index contributed by atoms with van der Waals surface area (Å²) in [6.45, 7) is 1.87. The Hall–Kier alpha value is -1.000. The van der Waals surface area contributed by atoms with E-state index in [-0.39, 0.29) is 5.78 Å². The number of carbonyl (C=O) groups is 1. The number of hydrogen-bond acceptors (Lipinski definition) is 3. The molecule has 0 saturated carbocycles. The van der Waals surface area contributed by atoms with Gasteiger partial charge in [0.05, 0.1) is 16.1 Å². The van der Waals surface area contributed by atoms with Gasteiger partial charge in [-0.25, -0.2) is 4.98 Å². The Morgan fingerprint density at radius 2 is 2.06 bits per heavy atom. The summed E-state index contributed by atoms with van der Waals surface area (Å²) < 4.78 is 1.03.